The summed E-state index contributed by atoms with van der Waals surface area (Å²) in [6, 6.07) is 9.72. The Bertz CT molecular complexity index is 1760. The van der Waals surface area contributed by atoms with Crippen LogP contribution in [-0.2, 0) is 37.0 Å². The third-order valence-corrected chi connectivity index (χ3v) is 9.17. The van der Waals surface area contributed by atoms with Crippen LogP contribution in [0.2, 0.25) is 0 Å². The van der Waals surface area contributed by atoms with E-state index in [1.54, 1.807) is 48.5 Å². The van der Waals surface area contributed by atoms with Crippen LogP contribution in [0.5, 0.6) is 0 Å². The van der Waals surface area contributed by atoms with E-state index in [9.17, 15) is 19.2 Å². The van der Waals surface area contributed by atoms with Gasteiger partial charge in [-0.25, -0.2) is 4.68 Å². The molecule has 0 saturated carbocycles. The van der Waals surface area contributed by atoms with Crippen molar-refractivity contribution in [3.63, 3.8) is 0 Å². The molecular formula is C43H69N8O5S2W-3. The summed E-state index contributed by atoms with van der Waals surface area (Å²) in [6.07, 6.45) is 10.4. The normalized spacial score (nSPS) is 10.8. The SMILES string of the molecule is C=C.CCNC(=O)c1cccc(Sn2cc(C(=O)NCC(C)(C)C(C)(C)C=O)ccc2=O)c1.CCc1cn(/C(C)=C/O/C=C(\C)C[NH-])nn1.CNS.C[CH-]C(C)C.[CH3-].[W]. The minimum absolute atomic E-state index is 0. The summed E-state index contributed by atoms with van der Waals surface area (Å²) in [7, 11) is 1.74. The average Bonchev–Trinajstić information content (AvgIpc) is 3.69. The largest absolute Gasteiger partial charge is 0.674 e. The number of aldehydes is 1. The molecule has 0 aliphatic heterocycles. The number of thiol groups is 1. The number of aryl methyl sites for hydroxylation is 1. The maximum Gasteiger partial charge on any atom is 0.260 e. The van der Waals surface area contributed by atoms with Gasteiger partial charge in [0, 0.05) is 62.3 Å². The van der Waals surface area contributed by atoms with Crippen molar-refractivity contribution in [2.45, 2.75) is 87.5 Å². The van der Waals surface area contributed by atoms with Gasteiger partial charge in [0.15, 0.2) is 0 Å². The van der Waals surface area contributed by atoms with Crippen LogP contribution in [0.25, 0.3) is 11.4 Å². The van der Waals surface area contributed by atoms with Crippen molar-refractivity contribution in [1.82, 2.24) is 34.3 Å². The molecule has 0 fully saturated rings. The van der Waals surface area contributed by atoms with E-state index in [0.29, 0.717) is 29.1 Å². The van der Waals surface area contributed by atoms with Crippen LogP contribution >= 0.6 is 24.8 Å². The molecule has 13 nitrogen and oxygen atoms in total. The average molecular weight is 1030 g/mol. The van der Waals surface area contributed by atoms with Gasteiger partial charge in [-0.2, -0.15) is 12.8 Å². The number of rotatable bonds is 15. The van der Waals surface area contributed by atoms with Crippen molar-refractivity contribution < 1.29 is 40.2 Å². The number of amides is 2. The van der Waals surface area contributed by atoms with Gasteiger partial charge in [-0.05, 0) is 75.9 Å². The van der Waals surface area contributed by atoms with E-state index in [1.165, 1.54) is 22.3 Å². The topological polar surface area (TPSA) is 173 Å². The number of carbonyl (C=O) groups is 3. The number of pyridine rings is 1. The first-order valence-corrected chi connectivity index (χ1v) is 19.8. The third-order valence-electron chi connectivity index (χ3n) is 8.23. The molecule has 2 heterocycles. The minimum atomic E-state index is -0.607. The summed E-state index contributed by atoms with van der Waals surface area (Å²) >= 11 is 4.66. The number of carbonyl (C=O) groups excluding carboxylic acids is 3. The molecule has 0 unspecified atom stereocenters. The predicted octanol–water partition coefficient (Wildman–Crippen LogP) is 8.93. The number of nitrogens with one attached hydrogen (secondary N) is 4. The standard InChI is InChI=1S/C23H29N3O4S.C11H17N4O.C5H11.C2H4.CH5NS.CH3.W/c1-6-24-20(29)16-8-7-9-18(12-16)31-26-13-17(10-11-19(26)28)21(30)25-14-22(2,3)23(4,5)15-27;1-4-11-6-15(14-13-11)10(3)8-16-7-9(2)5-12;1-4-5(2)3;1-2;1-2-3;;/h7-13,15H,6,14H2,1-5H3,(H,24,29)(H,25,30);6-8,12H,4-5H2,1-3H3;4-5H,1-3H3;1-2H2;2-3H,1H3;1H3;/q;2*-1;;;-1;/b;9-7+,10-8+;;;;;. The first-order valence-electron chi connectivity index (χ1n) is 18.5. The Morgan fingerprint density at radius 1 is 1.03 bits per heavy atom. The Labute approximate surface area is 378 Å². The van der Waals surface area contributed by atoms with Crippen molar-refractivity contribution in [3.05, 3.63) is 127 Å². The van der Waals surface area contributed by atoms with E-state index in [-0.39, 0.29) is 52.4 Å². The summed E-state index contributed by atoms with van der Waals surface area (Å²) in [5, 5.41) is 13.5. The Morgan fingerprint density at radius 3 is 2.10 bits per heavy atom. The van der Waals surface area contributed by atoms with Gasteiger partial charge in [0.2, 0.25) is 0 Å². The molecule has 332 valence electrons. The molecule has 4 N–H and O–H groups in total. The third kappa shape index (κ3) is 24.8. The minimum Gasteiger partial charge on any atom is -0.674 e. The van der Waals surface area contributed by atoms with Crippen molar-refractivity contribution in [2.75, 3.05) is 26.7 Å². The quantitative estimate of drug-likeness (QED) is 0.0381. The molecule has 0 bridgehead atoms. The Morgan fingerprint density at radius 2 is 1.61 bits per heavy atom. The van der Waals surface area contributed by atoms with E-state index in [4.69, 9.17) is 10.5 Å². The van der Waals surface area contributed by atoms with Gasteiger partial charge in [0.1, 0.15) is 12.5 Å². The zero-order chi connectivity index (χ0) is 44.2. The zero-order valence-corrected chi connectivity index (χ0v) is 42.0. The van der Waals surface area contributed by atoms with Crippen LogP contribution in [0.15, 0.2) is 89.7 Å². The second-order valence-electron chi connectivity index (χ2n) is 13.8. The van der Waals surface area contributed by atoms with Gasteiger partial charge in [-0.15, -0.1) is 24.8 Å². The number of nitrogens with zero attached hydrogens (tertiary/aromatic N) is 4. The molecular weight excluding hydrogens is 956 g/mol. The molecule has 3 aromatic rings. The van der Waals surface area contributed by atoms with Gasteiger partial charge < -0.3 is 39.7 Å². The number of hydrogen-bond acceptors (Lipinski definition) is 10. The van der Waals surface area contributed by atoms with Crippen LogP contribution in [0, 0.1) is 30.6 Å². The van der Waals surface area contributed by atoms with E-state index in [0.717, 1.165) is 47.5 Å². The van der Waals surface area contributed by atoms with Gasteiger partial charge >= 0.3 is 0 Å². The zero-order valence-electron chi connectivity index (χ0n) is 37.3. The summed E-state index contributed by atoms with van der Waals surface area (Å²) in [5.41, 5.74) is 9.24. The van der Waals surface area contributed by atoms with Crippen molar-refractivity contribution in [2.24, 2.45) is 16.7 Å². The molecule has 0 radical (unpaired) electrons. The fraction of sp³-hybridized carbons (Fsp3) is 0.442. The number of hydrogen-bond donors (Lipinski definition) is 4. The molecule has 2 amide bonds. The predicted molar refractivity (Wildman–Crippen MR) is 246 cm³/mol. The monoisotopic (exact) mass is 1030 g/mol. The van der Waals surface area contributed by atoms with Crippen LogP contribution in [0.1, 0.15) is 103 Å². The molecule has 0 atom stereocenters. The Balaban J connectivity index is -0.000000452. The molecule has 0 aliphatic carbocycles. The van der Waals surface area contributed by atoms with Crippen molar-refractivity contribution in [1.29, 1.82) is 0 Å². The summed E-state index contributed by atoms with van der Waals surface area (Å²) in [5.74, 6) is 0.237. The smallest absolute Gasteiger partial charge is 0.260 e. The molecule has 0 saturated heterocycles. The van der Waals surface area contributed by atoms with Gasteiger partial charge in [-0.1, -0.05) is 78.1 Å². The van der Waals surface area contributed by atoms with Crippen LogP contribution in [-0.4, -0.2) is 63.7 Å². The van der Waals surface area contributed by atoms with Crippen molar-refractivity contribution in [3.8, 4) is 0 Å². The van der Waals surface area contributed by atoms with Gasteiger partial charge in [0.25, 0.3) is 17.4 Å². The summed E-state index contributed by atoms with van der Waals surface area (Å²) in [6.45, 7) is 28.6. The van der Waals surface area contributed by atoms with Gasteiger partial charge in [0.05, 0.1) is 29.4 Å². The number of aromatic nitrogens is 4. The summed E-state index contributed by atoms with van der Waals surface area (Å²) in [4.78, 5) is 49.1. The molecule has 16 heteroatoms. The number of ether oxygens (including phenoxy) is 1. The molecule has 2 aromatic heterocycles. The van der Waals surface area contributed by atoms with E-state index in [1.807, 2.05) is 61.6 Å². The molecule has 0 spiro atoms. The second-order valence-corrected chi connectivity index (χ2v) is 15.3. The first kappa shape index (κ1) is 61.9. The second kappa shape index (κ2) is 34.0. The van der Waals surface area contributed by atoms with E-state index >= 15 is 0 Å². The van der Waals surface area contributed by atoms with Crippen LogP contribution in [0.3, 0.4) is 0 Å². The fourth-order valence-corrected chi connectivity index (χ4v) is 4.37. The van der Waals surface area contributed by atoms with E-state index < -0.39 is 10.8 Å². The summed E-state index contributed by atoms with van der Waals surface area (Å²) < 4.78 is 10.7. The van der Waals surface area contributed by atoms with E-state index in [2.05, 4.69) is 78.8 Å². The first-order chi connectivity index (χ1) is 26.9. The maximum absolute atomic E-state index is 12.7. The number of benzene rings is 1. The fourth-order valence-electron chi connectivity index (χ4n) is 3.51. The molecule has 0 aliphatic rings. The van der Waals surface area contributed by atoms with Crippen LogP contribution in [0.4, 0.5) is 0 Å². The molecule has 1 aromatic carbocycles. The Hall–Kier alpha value is -3.75. The Kier molecular flexibility index (Phi) is 35.7. The molecule has 3 rings (SSSR count). The van der Waals surface area contributed by atoms with Crippen molar-refractivity contribution >= 4 is 48.6 Å². The molecule has 59 heavy (non-hydrogen) atoms. The van der Waals surface area contributed by atoms with Gasteiger partial charge in [-0.3, -0.25) is 23.1 Å². The number of allylic oxidation sites excluding steroid dienone is 1. The van der Waals surface area contributed by atoms with Crippen LogP contribution < -0.4 is 20.9 Å². The maximum atomic E-state index is 12.7.